The first kappa shape index (κ1) is 23.4. The molecule has 1 aliphatic heterocycles. The van der Waals surface area contributed by atoms with Crippen molar-refractivity contribution in [1.29, 1.82) is 0 Å². The van der Waals surface area contributed by atoms with Crippen LogP contribution in [0.25, 0.3) is 6.08 Å². The van der Waals surface area contributed by atoms with Crippen LogP contribution in [0.4, 0.5) is 5.82 Å². The summed E-state index contributed by atoms with van der Waals surface area (Å²) in [5.41, 5.74) is 1.03. The third kappa shape index (κ3) is 5.92. The normalized spacial score (nSPS) is 17.2. The third-order valence-electron chi connectivity index (χ3n) is 5.12. The van der Waals surface area contributed by atoms with Crippen LogP contribution in [0.3, 0.4) is 0 Å². The molecule has 32 heavy (non-hydrogen) atoms. The molecule has 1 unspecified atom stereocenters. The summed E-state index contributed by atoms with van der Waals surface area (Å²) in [6.45, 7) is 0.324. The van der Waals surface area contributed by atoms with E-state index in [1.54, 1.807) is 48.7 Å². The number of anilines is 1. The fourth-order valence-corrected chi connectivity index (χ4v) is 4.78. The lowest BCUT2D eigenvalue weighted by Gasteiger charge is -2.29. The first-order valence-corrected chi connectivity index (χ1v) is 11.7. The van der Waals surface area contributed by atoms with E-state index in [0.29, 0.717) is 42.1 Å². The number of nitrogens with zero attached hydrogens (tertiary/aromatic N) is 2. The smallest absolute Gasteiger partial charge is 0.307 e. The summed E-state index contributed by atoms with van der Waals surface area (Å²) in [5.74, 6) is -1.54. The number of pyridine rings is 1. The lowest BCUT2D eigenvalue weighted by molar-refractivity contribution is -0.142. The van der Waals surface area contributed by atoms with E-state index in [-0.39, 0.29) is 18.2 Å². The zero-order valence-electron chi connectivity index (χ0n) is 17.6. The number of amides is 1. The predicted molar refractivity (Wildman–Crippen MR) is 120 cm³/mol. The summed E-state index contributed by atoms with van der Waals surface area (Å²) in [4.78, 5) is 27.9. The van der Waals surface area contributed by atoms with Crippen LogP contribution in [-0.2, 0) is 14.8 Å². The largest absolute Gasteiger partial charge is 0.493 e. The SMILES string of the molecule is COc1cccnc1NC(=O)c1cccc(C=CCS(=O)(=O)N2CCCC(C(=O)O)C2)c1. The van der Waals surface area contributed by atoms with Crippen molar-refractivity contribution in [3.8, 4) is 5.75 Å². The van der Waals surface area contributed by atoms with E-state index >= 15 is 0 Å². The van der Waals surface area contributed by atoms with Crippen molar-refractivity contribution in [2.24, 2.45) is 5.92 Å². The molecular weight excluding hydrogens is 434 g/mol. The maximum absolute atomic E-state index is 12.6. The van der Waals surface area contributed by atoms with Gasteiger partial charge in [-0.15, -0.1) is 0 Å². The molecule has 1 atom stereocenters. The summed E-state index contributed by atoms with van der Waals surface area (Å²) in [5, 5.41) is 11.9. The highest BCUT2D eigenvalue weighted by Crippen LogP contribution is 2.22. The molecule has 0 saturated carbocycles. The number of carbonyl (C=O) groups is 2. The van der Waals surface area contributed by atoms with Crippen molar-refractivity contribution in [2.75, 3.05) is 31.3 Å². The average molecular weight is 460 g/mol. The number of aromatic nitrogens is 1. The minimum absolute atomic E-state index is 0.00184. The van der Waals surface area contributed by atoms with Gasteiger partial charge in [-0.2, -0.15) is 0 Å². The first-order valence-electron chi connectivity index (χ1n) is 10.1. The number of carbonyl (C=O) groups excluding carboxylic acids is 1. The molecule has 3 rings (SSSR count). The molecule has 2 aromatic rings. The lowest BCUT2D eigenvalue weighted by Crippen LogP contribution is -2.43. The van der Waals surface area contributed by atoms with Crippen molar-refractivity contribution >= 4 is 33.8 Å². The highest BCUT2D eigenvalue weighted by atomic mass is 32.2. The summed E-state index contributed by atoms with van der Waals surface area (Å²) in [7, 11) is -2.13. The number of nitrogens with one attached hydrogen (secondary N) is 1. The molecule has 0 spiro atoms. The second-order valence-corrected chi connectivity index (χ2v) is 9.36. The summed E-state index contributed by atoms with van der Waals surface area (Å²) in [6, 6.07) is 10.1. The van der Waals surface area contributed by atoms with Crippen LogP contribution >= 0.6 is 0 Å². The Bertz CT molecular complexity index is 1120. The second-order valence-electron chi connectivity index (χ2n) is 7.35. The number of carboxylic acids is 1. The zero-order chi connectivity index (χ0) is 23.1. The monoisotopic (exact) mass is 459 g/mol. The molecule has 1 aliphatic rings. The van der Waals surface area contributed by atoms with Crippen LogP contribution in [0.5, 0.6) is 5.75 Å². The van der Waals surface area contributed by atoms with Gasteiger partial charge in [-0.05, 0) is 42.7 Å². The molecule has 1 saturated heterocycles. The van der Waals surface area contributed by atoms with Crippen molar-refractivity contribution in [3.05, 3.63) is 59.8 Å². The molecule has 10 heteroatoms. The predicted octanol–water partition coefficient (Wildman–Crippen LogP) is 2.48. The van der Waals surface area contributed by atoms with Gasteiger partial charge in [-0.1, -0.05) is 24.3 Å². The molecule has 0 bridgehead atoms. The molecule has 0 radical (unpaired) electrons. The van der Waals surface area contributed by atoms with Crippen molar-refractivity contribution in [1.82, 2.24) is 9.29 Å². The highest BCUT2D eigenvalue weighted by Gasteiger charge is 2.31. The average Bonchev–Trinajstić information content (AvgIpc) is 2.79. The molecule has 1 aromatic carbocycles. The molecule has 1 aromatic heterocycles. The van der Waals surface area contributed by atoms with Crippen LogP contribution in [0.2, 0.25) is 0 Å². The molecular formula is C22H25N3O6S. The van der Waals surface area contributed by atoms with Crippen molar-refractivity contribution in [2.45, 2.75) is 12.8 Å². The number of hydrogen-bond acceptors (Lipinski definition) is 6. The Kier molecular flexibility index (Phi) is 7.60. The lowest BCUT2D eigenvalue weighted by atomic mass is 10.0. The molecule has 0 aliphatic carbocycles. The first-order chi connectivity index (χ1) is 15.3. The van der Waals surface area contributed by atoms with Gasteiger partial charge in [0, 0.05) is 24.8 Å². The number of ether oxygens (including phenoxy) is 1. The van der Waals surface area contributed by atoms with E-state index in [1.165, 1.54) is 17.5 Å². The summed E-state index contributed by atoms with van der Waals surface area (Å²) in [6.07, 6.45) is 5.67. The number of piperidine rings is 1. The number of hydrogen-bond donors (Lipinski definition) is 2. The number of rotatable bonds is 8. The van der Waals surface area contributed by atoms with Crippen LogP contribution < -0.4 is 10.1 Å². The Morgan fingerprint density at radius 2 is 2.12 bits per heavy atom. The third-order valence-corrected chi connectivity index (χ3v) is 6.85. The van der Waals surface area contributed by atoms with Crippen LogP contribution in [0, 0.1) is 5.92 Å². The van der Waals surface area contributed by atoms with Gasteiger partial charge in [0.25, 0.3) is 5.91 Å². The maximum Gasteiger partial charge on any atom is 0.307 e. The van der Waals surface area contributed by atoms with Crippen molar-refractivity contribution < 1.29 is 27.9 Å². The Morgan fingerprint density at radius 1 is 1.31 bits per heavy atom. The Labute approximate surface area is 186 Å². The standard InChI is InChI=1S/C22H25N3O6S/c1-31-19-10-3-11-23-20(19)24-21(26)17-8-2-6-16(14-17)7-5-13-32(29,30)25-12-4-9-18(15-25)22(27)28/h2-3,5-8,10-11,14,18H,4,9,12-13,15H2,1H3,(H,27,28)(H,23,24,26). The van der Waals surface area contributed by atoms with E-state index in [2.05, 4.69) is 10.3 Å². The number of benzene rings is 1. The van der Waals surface area contributed by atoms with Crippen LogP contribution in [0.15, 0.2) is 48.7 Å². The molecule has 2 N–H and O–H groups in total. The Balaban J connectivity index is 1.65. The molecule has 2 heterocycles. The van der Waals surface area contributed by atoms with Gasteiger partial charge >= 0.3 is 5.97 Å². The van der Waals surface area contributed by atoms with Gasteiger partial charge in [-0.3, -0.25) is 9.59 Å². The van der Waals surface area contributed by atoms with Gasteiger partial charge in [0.15, 0.2) is 11.6 Å². The molecule has 1 fully saturated rings. The van der Waals surface area contributed by atoms with Gasteiger partial charge in [0.1, 0.15) is 0 Å². The Hall–Kier alpha value is -3.24. The van der Waals surface area contributed by atoms with Gasteiger partial charge in [0.2, 0.25) is 10.0 Å². The highest BCUT2D eigenvalue weighted by molar-refractivity contribution is 7.89. The summed E-state index contributed by atoms with van der Waals surface area (Å²) >= 11 is 0. The molecule has 170 valence electrons. The topological polar surface area (TPSA) is 126 Å². The second kappa shape index (κ2) is 10.4. The summed E-state index contributed by atoms with van der Waals surface area (Å²) < 4.78 is 31.6. The maximum atomic E-state index is 12.6. The van der Waals surface area contributed by atoms with E-state index in [9.17, 15) is 18.0 Å². The Morgan fingerprint density at radius 3 is 2.88 bits per heavy atom. The van der Waals surface area contributed by atoms with Crippen LogP contribution in [-0.4, -0.2) is 60.6 Å². The van der Waals surface area contributed by atoms with Gasteiger partial charge < -0.3 is 15.2 Å². The fraction of sp³-hybridized carbons (Fsp3) is 0.318. The zero-order valence-corrected chi connectivity index (χ0v) is 18.4. The van der Waals surface area contributed by atoms with E-state index in [1.807, 2.05) is 0 Å². The van der Waals surface area contributed by atoms with Crippen molar-refractivity contribution in [3.63, 3.8) is 0 Å². The number of aliphatic carboxylic acids is 1. The quantitative estimate of drug-likeness (QED) is 0.621. The number of sulfonamides is 1. The van der Waals surface area contributed by atoms with Gasteiger partial charge in [0.05, 0.1) is 18.8 Å². The van der Waals surface area contributed by atoms with E-state index in [0.717, 1.165) is 0 Å². The fourth-order valence-electron chi connectivity index (χ4n) is 3.42. The minimum Gasteiger partial charge on any atom is -0.493 e. The molecule has 1 amide bonds. The number of methoxy groups -OCH3 is 1. The minimum atomic E-state index is -3.61. The van der Waals surface area contributed by atoms with E-state index in [4.69, 9.17) is 9.84 Å². The van der Waals surface area contributed by atoms with E-state index < -0.39 is 21.9 Å². The number of carboxylic acid groups (broad SMARTS) is 1. The molecule has 9 nitrogen and oxygen atoms in total. The van der Waals surface area contributed by atoms with Gasteiger partial charge in [-0.25, -0.2) is 17.7 Å². The van der Waals surface area contributed by atoms with Crippen LogP contribution in [0.1, 0.15) is 28.8 Å².